The Morgan fingerprint density at radius 2 is 1.81 bits per heavy atom. The average molecular weight is 350 g/mol. The quantitative estimate of drug-likeness (QED) is 0.705. The molecule has 4 heteroatoms. The molecular formula is C17H17BrFNO. The molecule has 0 bridgehead atoms. The third kappa shape index (κ3) is 4.14. The molecule has 0 amide bonds. The highest BCUT2D eigenvalue weighted by Crippen LogP contribution is 2.19. The van der Waals surface area contributed by atoms with E-state index >= 15 is 0 Å². The minimum atomic E-state index is -0.251. The van der Waals surface area contributed by atoms with Crippen molar-refractivity contribution in [3.05, 3.63) is 64.4 Å². The average Bonchev–Trinajstić information content (AvgIpc) is 2.49. The van der Waals surface area contributed by atoms with Gasteiger partial charge in [0.05, 0.1) is 0 Å². The monoisotopic (exact) mass is 349 g/mol. The molecule has 0 unspecified atom stereocenters. The Balaban J connectivity index is 2.02. The highest BCUT2D eigenvalue weighted by molar-refractivity contribution is 9.10. The molecule has 2 aromatic rings. The summed E-state index contributed by atoms with van der Waals surface area (Å²) in [6, 6.07) is 13.8. The number of hydrogen-bond donors (Lipinski definition) is 0. The fourth-order valence-electron chi connectivity index (χ4n) is 2.18. The highest BCUT2D eigenvalue weighted by atomic mass is 79.9. The summed E-state index contributed by atoms with van der Waals surface area (Å²) in [6.45, 7) is 3.41. The van der Waals surface area contributed by atoms with Crippen molar-refractivity contribution in [3.63, 3.8) is 0 Å². The Kier molecular flexibility index (Phi) is 5.51. The van der Waals surface area contributed by atoms with Crippen LogP contribution < -0.4 is 4.90 Å². The third-order valence-electron chi connectivity index (χ3n) is 3.36. The predicted molar refractivity (Wildman–Crippen MR) is 87.4 cm³/mol. The smallest absolute Gasteiger partial charge is 0.165 e. The van der Waals surface area contributed by atoms with Crippen LogP contribution in [-0.2, 0) is 0 Å². The van der Waals surface area contributed by atoms with Gasteiger partial charge < -0.3 is 4.90 Å². The maximum Gasteiger partial charge on any atom is 0.165 e. The normalized spacial score (nSPS) is 10.4. The molecule has 0 aliphatic rings. The standard InChI is InChI=1S/C17H17BrFNO/c1-2-20(14-9-7-13(19)8-10-14)12-11-17(21)15-5-3-4-6-16(15)18/h3-10H,2,11-12H2,1H3. The van der Waals surface area contributed by atoms with Crippen LogP contribution in [0, 0.1) is 5.82 Å². The number of carbonyl (C=O) groups excluding carboxylic acids is 1. The lowest BCUT2D eigenvalue weighted by Crippen LogP contribution is -2.25. The fourth-order valence-corrected chi connectivity index (χ4v) is 2.69. The fraction of sp³-hybridized carbons (Fsp3) is 0.235. The molecule has 110 valence electrons. The van der Waals surface area contributed by atoms with Crippen molar-refractivity contribution in [2.75, 3.05) is 18.0 Å². The van der Waals surface area contributed by atoms with E-state index in [4.69, 9.17) is 0 Å². The van der Waals surface area contributed by atoms with Crippen LogP contribution in [0.1, 0.15) is 23.7 Å². The van der Waals surface area contributed by atoms with Crippen molar-refractivity contribution in [3.8, 4) is 0 Å². The van der Waals surface area contributed by atoms with Crippen molar-refractivity contribution < 1.29 is 9.18 Å². The molecule has 0 atom stereocenters. The molecule has 0 N–H and O–H groups in total. The largest absolute Gasteiger partial charge is 0.371 e. The lowest BCUT2D eigenvalue weighted by molar-refractivity contribution is 0.0984. The van der Waals surface area contributed by atoms with E-state index in [-0.39, 0.29) is 11.6 Å². The predicted octanol–water partition coefficient (Wildman–Crippen LogP) is 4.69. The second-order valence-electron chi connectivity index (χ2n) is 4.71. The molecule has 0 saturated heterocycles. The van der Waals surface area contributed by atoms with Gasteiger partial charge in [0.1, 0.15) is 5.82 Å². The van der Waals surface area contributed by atoms with Gasteiger partial charge in [-0.2, -0.15) is 0 Å². The number of anilines is 1. The molecule has 2 nitrogen and oxygen atoms in total. The molecule has 0 heterocycles. The van der Waals surface area contributed by atoms with E-state index < -0.39 is 0 Å². The summed E-state index contributed by atoms with van der Waals surface area (Å²) >= 11 is 3.40. The van der Waals surface area contributed by atoms with Gasteiger partial charge in [-0.3, -0.25) is 4.79 Å². The van der Waals surface area contributed by atoms with E-state index in [1.807, 2.05) is 31.2 Å². The first-order valence-electron chi connectivity index (χ1n) is 6.90. The first-order chi connectivity index (χ1) is 10.1. The number of Topliss-reactive ketones (excluding diaryl/α,β-unsaturated/α-hetero) is 1. The van der Waals surface area contributed by atoms with Crippen LogP contribution in [0.5, 0.6) is 0 Å². The highest BCUT2D eigenvalue weighted by Gasteiger charge is 2.12. The minimum absolute atomic E-state index is 0.100. The number of carbonyl (C=O) groups is 1. The Morgan fingerprint density at radius 1 is 1.14 bits per heavy atom. The molecule has 0 spiro atoms. The summed E-state index contributed by atoms with van der Waals surface area (Å²) < 4.78 is 13.8. The van der Waals surface area contributed by atoms with E-state index in [2.05, 4.69) is 20.8 Å². The Hall–Kier alpha value is -1.68. The van der Waals surface area contributed by atoms with Gasteiger partial charge >= 0.3 is 0 Å². The van der Waals surface area contributed by atoms with E-state index in [0.717, 1.165) is 16.7 Å². The maximum atomic E-state index is 13.0. The summed E-state index contributed by atoms with van der Waals surface area (Å²) in [4.78, 5) is 14.3. The Bertz CT molecular complexity index is 612. The van der Waals surface area contributed by atoms with E-state index in [1.165, 1.54) is 12.1 Å². The zero-order valence-electron chi connectivity index (χ0n) is 11.9. The first kappa shape index (κ1) is 15.7. The summed E-state index contributed by atoms with van der Waals surface area (Å²) in [5, 5.41) is 0. The minimum Gasteiger partial charge on any atom is -0.371 e. The summed E-state index contributed by atoms with van der Waals surface area (Å²) in [6.07, 6.45) is 0.424. The second kappa shape index (κ2) is 7.36. The van der Waals surface area contributed by atoms with E-state index in [1.54, 1.807) is 12.1 Å². The van der Waals surface area contributed by atoms with Gasteiger partial charge in [-0.25, -0.2) is 4.39 Å². The molecule has 0 aromatic heterocycles. The van der Waals surface area contributed by atoms with Gasteiger partial charge in [-0.1, -0.05) is 34.1 Å². The van der Waals surface area contributed by atoms with Gasteiger partial charge in [0, 0.05) is 35.2 Å². The molecule has 0 aliphatic heterocycles. The lowest BCUT2D eigenvalue weighted by atomic mass is 10.1. The van der Waals surface area contributed by atoms with Crippen molar-refractivity contribution in [1.29, 1.82) is 0 Å². The summed E-state index contributed by atoms with van der Waals surface area (Å²) in [7, 11) is 0. The number of halogens is 2. The van der Waals surface area contributed by atoms with Crippen molar-refractivity contribution in [2.24, 2.45) is 0 Å². The van der Waals surface area contributed by atoms with Crippen molar-refractivity contribution in [1.82, 2.24) is 0 Å². The zero-order chi connectivity index (χ0) is 15.2. The van der Waals surface area contributed by atoms with E-state index in [0.29, 0.717) is 18.5 Å². The van der Waals surface area contributed by atoms with Gasteiger partial charge in [-0.15, -0.1) is 0 Å². The number of benzene rings is 2. The summed E-state index contributed by atoms with van der Waals surface area (Å²) in [5.41, 5.74) is 1.63. The van der Waals surface area contributed by atoms with Crippen LogP contribution in [0.25, 0.3) is 0 Å². The molecule has 2 rings (SSSR count). The van der Waals surface area contributed by atoms with Crippen LogP contribution in [0.4, 0.5) is 10.1 Å². The van der Waals surface area contributed by atoms with Crippen LogP contribution >= 0.6 is 15.9 Å². The molecule has 2 aromatic carbocycles. The SMILES string of the molecule is CCN(CCC(=O)c1ccccc1Br)c1ccc(F)cc1. The molecule has 0 radical (unpaired) electrons. The van der Waals surface area contributed by atoms with Crippen molar-refractivity contribution in [2.45, 2.75) is 13.3 Å². The Morgan fingerprint density at radius 3 is 2.43 bits per heavy atom. The van der Waals surface area contributed by atoms with Crippen LogP contribution in [0.15, 0.2) is 53.0 Å². The number of rotatable bonds is 6. The van der Waals surface area contributed by atoms with E-state index in [9.17, 15) is 9.18 Å². The van der Waals surface area contributed by atoms with Gasteiger partial charge in [0.15, 0.2) is 5.78 Å². The van der Waals surface area contributed by atoms with Gasteiger partial charge in [0.2, 0.25) is 0 Å². The Labute approximate surface area is 132 Å². The summed E-state index contributed by atoms with van der Waals surface area (Å²) in [5.74, 6) is -0.151. The molecule has 0 fully saturated rings. The molecule has 0 aliphatic carbocycles. The van der Waals surface area contributed by atoms with Crippen molar-refractivity contribution >= 4 is 27.4 Å². The zero-order valence-corrected chi connectivity index (χ0v) is 13.4. The number of nitrogens with zero attached hydrogens (tertiary/aromatic N) is 1. The van der Waals surface area contributed by atoms with Crippen LogP contribution in [0.3, 0.4) is 0 Å². The van der Waals surface area contributed by atoms with Crippen LogP contribution in [-0.4, -0.2) is 18.9 Å². The number of ketones is 1. The topological polar surface area (TPSA) is 20.3 Å². The van der Waals surface area contributed by atoms with Gasteiger partial charge in [-0.05, 0) is 37.3 Å². The lowest BCUT2D eigenvalue weighted by Gasteiger charge is -2.22. The molecule has 21 heavy (non-hydrogen) atoms. The number of hydrogen-bond acceptors (Lipinski definition) is 2. The molecule has 0 saturated carbocycles. The third-order valence-corrected chi connectivity index (χ3v) is 4.05. The molecular weight excluding hydrogens is 333 g/mol. The first-order valence-corrected chi connectivity index (χ1v) is 7.69. The van der Waals surface area contributed by atoms with Crippen LogP contribution in [0.2, 0.25) is 0 Å². The second-order valence-corrected chi connectivity index (χ2v) is 5.56. The van der Waals surface area contributed by atoms with Gasteiger partial charge in [0.25, 0.3) is 0 Å². The maximum absolute atomic E-state index is 13.0.